The molecule has 0 heterocycles. The fourth-order valence-corrected chi connectivity index (χ4v) is 0.317. The first kappa shape index (κ1) is 12.1. The molecule has 0 bridgehead atoms. The van der Waals surface area contributed by atoms with Gasteiger partial charge in [-0.2, -0.15) is 0 Å². The number of aliphatic hydroxyl groups excluding tert-OH is 1. The van der Waals surface area contributed by atoms with Crippen molar-refractivity contribution in [1.29, 1.82) is 0 Å². The number of hydrogen-bond donors (Lipinski definition) is 2. The van der Waals surface area contributed by atoms with Gasteiger partial charge in [-0.25, -0.2) is 0 Å². The molecule has 0 rings (SSSR count). The maximum absolute atomic E-state index is 9.98. The molecule has 0 amide bonds. The SMILES string of the molecule is CC(CCO)C(=O)O.[H-].[Na+]. The molecule has 0 fully saturated rings. The van der Waals surface area contributed by atoms with Gasteiger partial charge in [0.2, 0.25) is 0 Å². The Bertz CT molecular complexity index is 89.0. The Morgan fingerprint density at radius 3 is 2.33 bits per heavy atom. The average Bonchev–Trinajstić information content (AvgIpc) is 1.67. The Morgan fingerprint density at radius 2 is 2.22 bits per heavy atom. The van der Waals surface area contributed by atoms with Crippen molar-refractivity contribution in [1.82, 2.24) is 0 Å². The molecule has 1 unspecified atom stereocenters. The summed E-state index contributed by atoms with van der Waals surface area (Å²) >= 11 is 0. The summed E-state index contributed by atoms with van der Waals surface area (Å²) < 4.78 is 0. The Morgan fingerprint density at radius 1 is 1.78 bits per heavy atom. The zero-order chi connectivity index (χ0) is 6.57. The molecule has 0 aliphatic heterocycles. The summed E-state index contributed by atoms with van der Waals surface area (Å²) in [5.41, 5.74) is 0. The van der Waals surface area contributed by atoms with Crippen molar-refractivity contribution in [2.75, 3.05) is 6.61 Å². The van der Waals surface area contributed by atoms with E-state index in [2.05, 4.69) is 0 Å². The second-order valence-corrected chi connectivity index (χ2v) is 1.75. The first-order valence-corrected chi connectivity index (χ1v) is 2.52. The van der Waals surface area contributed by atoms with Gasteiger partial charge in [-0.15, -0.1) is 0 Å². The van der Waals surface area contributed by atoms with E-state index in [1.807, 2.05) is 0 Å². The molecule has 0 aliphatic rings. The third-order valence-electron chi connectivity index (χ3n) is 0.984. The standard InChI is InChI=1S/C5H10O3.Na.H/c1-4(2-3-6)5(7)8;;/h4,6H,2-3H2,1H3,(H,7,8);;/q;+1;-1. The van der Waals surface area contributed by atoms with Gasteiger partial charge < -0.3 is 11.6 Å². The van der Waals surface area contributed by atoms with Gasteiger partial charge in [0.05, 0.1) is 5.92 Å². The zero-order valence-electron chi connectivity index (χ0n) is 6.79. The van der Waals surface area contributed by atoms with Gasteiger partial charge in [0.15, 0.2) is 0 Å². The Kier molecular flexibility index (Phi) is 8.83. The van der Waals surface area contributed by atoms with Crippen molar-refractivity contribution < 1.29 is 46.0 Å². The number of aliphatic hydroxyl groups is 1. The van der Waals surface area contributed by atoms with Crippen molar-refractivity contribution in [3.05, 3.63) is 0 Å². The maximum atomic E-state index is 9.98. The molecule has 0 saturated heterocycles. The predicted molar refractivity (Wildman–Crippen MR) is 29.6 cm³/mol. The second kappa shape index (κ2) is 6.55. The average molecular weight is 142 g/mol. The molecule has 3 nitrogen and oxygen atoms in total. The van der Waals surface area contributed by atoms with Crippen LogP contribution in [0.1, 0.15) is 14.8 Å². The first-order chi connectivity index (χ1) is 3.68. The van der Waals surface area contributed by atoms with E-state index in [0.29, 0.717) is 6.42 Å². The minimum absolute atomic E-state index is 0. The van der Waals surface area contributed by atoms with Crippen LogP contribution in [0.25, 0.3) is 0 Å². The monoisotopic (exact) mass is 142 g/mol. The van der Waals surface area contributed by atoms with Gasteiger partial charge >= 0.3 is 35.5 Å². The predicted octanol–water partition coefficient (Wildman–Crippen LogP) is -2.79. The van der Waals surface area contributed by atoms with Gasteiger partial charge in [0.1, 0.15) is 0 Å². The summed E-state index contributed by atoms with van der Waals surface area (Å²) in [4.78, 5) is 9.98. The van der Waals surface area contributed by atoms with Gasteiger partial charge in [0, 0.05) is 6.61 Å². The molecule has 0 aliphatic carbocycles. The normalized spacial score (nSPS) is 11.8. The maximum Gasteiger partial charge on any atom is 1.00 e. The molecule has 0 aromatic heterocycles. The van der Waals surface area contributed by atoms with Crippen LogP contribution in [0.2, 0.25) is 0 Å². The van der Waals surface area contributed by atoms with E-state index in [1.54, 1.807) is 6.92 Å². The summed E-state index contributed by atoms with van der Waals surface area (Å²) in [7, 11) is 0. The van der Waals surface area contributed by atoms with Crippen LogP contribution in [-0.4, -0.2) is 22.8 Å². The van der Waals surface area contributed by atoms with E-state index in [9.17, 15) is 4.79 Å². The van der Waals surface area contributed by atoms with E-state index in [0.717, 1.165) is 0 Å². The smallest absolute Gasteiger partial charge is 1.00 e. The van der Waals surface area contributed by atoms with Crippen LogP contribution in [-0.2, 0) is 4.79 Å². The number of carboxylic acid groups (broad SMARTS) is 1. The topological polar surface area (TPSA) is 57.5 Å². The Balaban J connectivity index is -0.000000245. The molecular formula is C5H11NaO3. The van der Waals surface area contributed by atoms with E-state index in [1.165, 1.54) is 0 Å². The zero-order valence-corrected chi connectivity index (χ0v) is 7.79. The van der Waals surface area contributed by atoms with Gasteiger partial charge in [-0.05, 0) is 6.42 Å². The molecule has 0 saturated carbocycles. The van der Waals surface area contributed by atoms with Gasteiger partial charge in [0.25, 0.3) is 0 Å². The Labute approximate surface area is 77.8 Å². The van der Waals surface area contributed by atoms with Crippen molar-refractivity contribution in [2.24, 2.45) is 5.92 Å². The van der Waals surface area contributed by atoms with Crippen molar-refractivity contribution in [3.63, 3.8) is 0 Å². The number of carboxylic acids is 1. The molecule has 0 aromatic carbocycles. The third kappa shape index (κ3) is 6.31. The van der Waals surface area contributed by atoms with Crippen LogP contribution in [0.4, 0.5) is 0 Å². The van der Waals surface area contributed by atoms with Gasteiger partial charge in [-0.3, -0.25) is 4.79 Å². The molecule has 1 atom stereocenters. The number of rotatable bonds is 3. The Hall–Kier alpha value is 0.430. The molecular weight excluding hydrogens is 131 g/mol. The van der Waals surface area contributed by atoms with Crippen LogP contribution in [0.15, 0.2) is 0 Å². The molecule has 0 spiro atoms. The molecule has 2 N–H and O–H groups in total. The van der Waals surface area contributed by atoms with Crippen LogP contribution in [0, 0.1) is 5.92 Å². The quantitative estimate of drug-likeness (QED) is 0.419. The molecule has 50 valence electrons. The van der Waals surface area contributed by atoms with Gasteiger partial charge in [-0.1, -0.05) is 6.92 Å². The van der Waals surface area contributed by atoms with Crippen LogP contribution in [0.5, 0.6) is 0 Å². The van der Waals surface area contributed by atoms with E-state index in [-0.39, 0.29) is 37.6 Å². The first-order valence-electron chi connectivity index (χ1n) is 2.52. The van der Waals surface area contributed by atoms with Crippen molar-refractivity contribution >= 4 is 5.97 Å². The van der Waals surface area contributed by atoms with Crippen molar-refractivity contribution in [3.8, 4) is 0 Å². The summed E-state index contributed by atoms with van der Waals surface area (Å²) in [5.74, 6) is -1.26. The second-order valence-electron chi connectivity index (χ2n) is 1.75. The molecule has 0 radical (unpaired) electrons. The molecule has 0 aromatic rings. The number of hydrogen-bond acceptors (Lipinski definition) is 2. The van der Waals surface area contributed by atoms with Crippen LogP contribution >= 0.6 is 0 Å². The van der Waals surface area contributed by atoms with Crippen molar-refractivity contribution in [2.45, 2.75) is 13.3 Å². The largest absolute Gasteiger partial charge is 1.00 e. The minimum Gasteiger partial charge on any atom is -1.00 e. The summed E-state index contributed by atoms with van der Waals surface area (Å²) in [6.45, 7) is 1.52. The fourth-order valence-electron chi connectivity index (χ4n) is 0.317. The molecule has 9 heavy (non-hydrogen) atoms. The van der Waals surface area contributed by atoms with Crippen LogP contribution < -0.4 is 29.6 Å². The summed E-state index contributed by atoms with van der Waals surface area (Å²) in [5, 5.41) is 16.4. The van der Waals surface area contributed by atoms with E-state index in [4.69, 9.17) is 10.2 Å². The number of carbonyl (C=O) groups is 1. The van der Waals surface area contributed by atoms with E-state index < -0.39 is 11.9 Å². The fraction of sp³-hybridized carbons (Fsp3) is 0.800. The molecule has 4 heteroatoms. The number of aliphatic carboxylic acids is 1. The minimum atomic E-state index is -0.848. The van der Waals surface area contributed by atoms with Crippen LogP contribution in [0.3, 0.4) is 0 Å². The summed E-state index contributed by atoms with van der Waals surface area (Å²) in [6, 6.07) is 0. The van der Waals surface area contributed by atoms with E-state index >= 15 is 0 Å². The third-order valence-corrected chi connectivity index (χ3v) is 0.984. The summed E-state index contributed by atoms with van der Waals surface area (Å²) in [6.07, 6.45) is 0.343.